The predicted molar refractivity (Wildman–Crippen MR) is 165 cm³/mol. The number of pyridine rings is 1. The average Bonchev–Trinajstić information content (AvgIpc) is 3.50. The predicted octanol–water partition coefficient (Wildman–Crippen LogP) is 7.94. The molecule has 4 rings (SSSR count). The van der Waals surface area contributed by atoms with E-state index < -0.39 is 0 Å². The maximum Gasteiger partial charge on any atom is 0.240 e. The number of hydrogen-bond donors (Lipinski definition) is 0. The van der Waals surface area contributed by atoms with Crippen molar-refractivity contribution in [2.24, 2.45) is 16.1 Å². The van der Waals surface area contributed by atoms with Gasteiger partial charge in [-0.3, -0.25) is 4.79 Å². The summed E-state index contributed by atoms with van der Waals surface area (Å²) in [6.07, 6.45) is 5.91. The van der Waals surface area contributed by atoms with Gasteiger partial charge in [0.05, 0.1) is 5.03 Å². The molecule has 0 radical (unpaired) electrons. The van der Waals surface area contributed by atoms with Crippen LogP contribution in [0.25, 0.3) is 11.1 Å². The lowest BCUT2D eigenvalue weighted by Crippen LogP contribution is -2.31. The zero-order valence-electron chi connectivity index (χ0n) is 23.9. The molecule has 2 unspecified atom stereocenters. The molecular formula is C33H40N4OS. The monoisotopic (exact) mass is 540 g/mol. The lowest BCUT2D eigenvalue weighted by Gasteiger charge is -2.23. The SMILES string of the molecule is CCC(C)/C(C)=N\N=C(/C)Cc1cccc(-c2cnc(SC(C(=O)N3CCCC3)c3ccccc3)c(C)c2)c1. The summed E-state index contributed by atoms with van der Waals surface area (Å²) in [6.45, 7) is 12.2. The van der Waals surface area contributed by atoms with Gasteiger partial charge in [-0.1, -0.05) is 80.2 Å². The van der Waals surface area contributed by atoms with Gasteiger partial charge in [-0.2, -0.15) is 10.2 Å². The van der Waals surface area contributed by atoms with Crippen molar-refractivity contribution in [3.63, 3.8) is 0 Å². The highest BCUT2D eigenvalue weighted by molar-refractivity contribution is 8.00. The van der Waals surface area contributed by atoms with Crippen LogP contribution in [0.5, 0.6) is 0 Å². The molecule has 204 valence electrons. The molecule has 1 aliphatic rings. The normalized spacial score (nSPS) is 15.9. The van der Waals surface area contributed by atoms with E-state index >= 15 is 0 Å². The van der Waals surface area contributed by atoms with Crippen molar-refractivity contribution >= 4 is 29.1 Å². The molecule has 6 heteroatoms. The second-order valence-electron chi connectivity index (χ2n) is 10.6. The fourth-order valence-corrected chi connectivity index (χ4v) is 5.82. The minimum Gasteiger partial charge on any atom is -0.341 e. The molecule has 0 aliphatic carbocycles. The van der Waals surface area contributed by atoms with Crippen molar-refractivity contribution in [2.45, 2.75) is 70.6 Å². The van der Waals surface area contributed by atoms with Crippen LogP contribution in [-0.2, 0) is 11.2 Å². The molecule has 0 N–H and O–H groups in total. The molecule has 0 spiro atoms. The lowest BCUT2D eigenvalue weighted by atomic mass is 10.0. The lowest BCUT2D eigenvalue weighted by molar-refractivity contribution is -0.129. The Morgan fingerprint density at radius 1 is 1.00 bits per heavy atom. The van der Waals surface area contributed by atoms with E-state index in [0.717, 1.165) is 77.5 Å². The van der Waals surface area contributed by atoms with Gasteiger partial charge in [0.15, 0.2) is 0 Å². The fourth-order valence-electron chi connectivity index (χ4n) is 4.70. The molecule has 3 aromatic rings. The molecule has 1 saturated heterocycles. The Labute approximate surface area is 237 Å². The maximum atomic E-state index is 13.5. The number of amides is 1. The zero-order valence-corrected chi connectivity index (χ0v) is 24.7. The van der Waals surface area contributed by atoms with Crippen molar-refractivity contribution in [3.8, 4) is 11.1 Å². The van der Waals surface area contributed by atoms with Crippen LogP contribution in [-0.4, -0.2) is 40.3 Å². The number of carbonyl (C=O) groups is 1. The van der Waals surface area contributed by atoms with Crippen molar-refractivity contribution in [1.29, 1.82) is 0 Å². The molecule has 0 saturated carbocycles. The third-order valence-electron chi connectivity index (χ3n) is 7.43. The molecule has 1 aliphatic heterocycles. The Morgan fingerprint density at radius 2 is 1.74 bits per heavy atom. The Kier molecular flexibility index (Phi) is 10.1. The second kappa shape index (κ2) is 13.7. The van der Waals surface area contributed by atoms with Gasteiger partial charge >= 0.3 is 0 Å². The summed E-state index contributed by atoms with van der Waals surface area (Å²) in [6, 6.07) is 20.8. The van der Waals surface area contributed by atoms with E-state index in [2.05, 4.69) is 61.3 Å². The van der Waals surface area contributed by atoms with Crippen LogP contribution in [0.2, 0.25) is 0 Å². The quantitative estimate of drug-likeness (QED) is 0.149. The fraction of sp³-hybridized carbons (Fsp3) is 0.394. The molecule has 39 heavy (non-hydrogen) atoms. The van der Waals surface area contributed by atoms with Gasteiger partial charge in [0.1, 0.15) is 5.25 Å². The molecule has 2 heterocycles. The van der Waals surface area contributed by atoms with Crippen molar-refractivity contribution < 1.29 is 4.79 Å². The van der Waals surface area contributed by atoms with E-state index in [4.69, 9.17) is 4.98 Å². The van der Waals surface area contributed by atoms with E-state index in [1.807, 2.05) is 55.3 Å². The van der Waals surface area contributed by atoms with Gasteiger partial charge < -0.3 is 4.90 Å². The minimum atomic E-state index is -0.293. The van der Waals surface area contributed by atoms with Crippen LogP contribution in [0.3, 0.4) is 0 Å². The topological polar surface area (TPSA) is 57.9 Å². The number of thioether (sulfide) groups is 1. The molecule has 0 bridgehead atoms. The summed E-state index contributed by atoms with van der Waals surface area (Å²) < 4.78 is 0. The Bertz CT molecular complexity index is 1330. The van der Waals surface area contributed by atoms with E-state index in [1.165, 1.54) is 5.56 Å². The van der Waals surface area contributed by atoms with Gasteiger partial charge in [0.2, 0.25) is 5.91 Å². The van der Waals surface area contributed by atoms with Crippen LogP contribution in [0.1, 0.15) is 68.9 Å². The van der Waals surface area contributed by atoms with E-state index in [0.29, 0.717) is 5.92 Å². The first kappa shape index (κ1) is 28.8. The highest BCUT2D eigenvalue weighted by Crippen LogP contribution is 2.38. The highest BCUT2D eigenvalue weighted by atomic mass is 32.2. The van der Waals surface area contributed by atoms with Gasteiger partial charge in [0.25, 0.3) is 0 Å². The van der Waals surface area contributed by atoms with Gasteiger partial charge in [0, 0.05) is 42.7 Å². The molecular weight excluding hydrogens is 500 g/mol. The summed E-state index contributed by atoms with van der Waals surface area (Å²) >= 11 is 1.56. The van der Waals surface area contributed by atoms with Crippen LogP contribution < -0.4 is 0 Å². The van der Waals surface area contributed by atoms with Crippen LogP contribution >= 0.6 is 11.8 Å². The summed E-state index contributed by atoms with van der Waals surface area (Å²) in [5, 5.41) is 9.52. The number of aromatic nitrogens is 1. The maximum absolute atomic E-state index is 13.5. The number of aryl methyl sites for hydroxylation is 1. The zero-order chi connectivity index (χ0) is 27.8. The molecule has 1 amide bonds. The summed E-state index contributed by atoms with van der Waals surface area (Å²) in [5.74, 6) is 0.630. The highest BCUT2D eigenvalue weighted by Gasteiger charge is 2.29. The van der Waals surface area contributed by atoms with E-state index in [1.54, 1.807) is 11.8 Å². The summed E-state index contributed by atoms with van der Waals surface area (Å²) in [4.78, 5) is 20.3. The van der Waals surface area contributed by atoms with Crippen molar-refractivity contribution in [3.05, 3.63) is 83.6 Å². The Morgan fingerprint density at radius 3 is 2.44 bits per heavy atom. The first-order valence-electron chi connectivity index (χ1n) is 14.0. The molecule has 2 aromatic carbocycles. The molecule has 2 atom stereocenters. The standard InChI is InChI=1S/C33H40N4OS/c1-6-23(2)26(5)36-35-25(4)20-27-13-12-16-29(21-27)30-19-24(3)32(34-22-30)39-31(28-14-8-7-9-15-28)33(38)37-17-10-11-18-37/h7-9,12-16,19,21-23,31H,6,10-11,17-18,20H2,1-5H3/b35-25+,36-26-. The number of benzene rings is 2. The molecule has 5 nitrogen and oxygen atoms in total. The average molecular weight is 541 g/mol. The largest absolute Gasteiger partial charge is 0.341 e. The third kappa shape index (κ3) is 7.66. The van der Waals surface area contributed by atoms with Gasteiger partial charge in [-0.15, -0.1) is 0 Å². The molecule has 1 fully saturated rings. The number of likely N-dealkylation sites (tertiary alicyclic amines) is 1. The van der Waals surface area contributed by atoms with Crippen LogP contribution in [0.4, 0.5) is 0 Å². The minimum absolute atomic E-state index is 0.183. The number of carbonyl (C=O) groups excluding carboxylic acids is 1. The second-order valence-corrected chi connectivity index (χ2v) is 11.6. The number of hydrogen-bond acceptors (Lipinski definition) is 5. The molecule has 1 aromatic heterocycles. The summed E-state index contributed by atoms with van der Waals surface area (Å²) in [7, 11) is 0. The Hall–Kier alpha value is -3.25. The van der Waals surface area contributed by atoms with Gasteiger partial charge in [-0.05, 0) is 74.3 Å². The van der Waals surface area contributed by atoms with Crippen LogP contribution in [0, 0.1) is 12.8 Å². The summed E-state index contributed by atoms with van der Waals surface area (Å²) in [5.41, 5.74) is 7.55. The third-order valence-corrected chi connectivity index (χ3v) is 8.79. The van der Waals surface area contributed by atoms with Crippen LogP contribution in [0.15, 0.2) is 82.1 Å². The van der Waals surface area contributed by atoms with Crippen molar-refractivity contribution in [2.75, 3.05) is 13.1 Å². The number of rotatable bonds is 10. The Balaban J connectivity index is 1.52. The van der Waals surface area contributed by atoms with E-state index in [9.17, 15) is 4.79 Å². The van der Waals surface area contributed by atoms with Gasteiger partial charge in [-0.25, -0.2) is 4.98 Å². The number of nitrogens with zero attached hydrogens (tertiary/aromatic N) is 4. The first-order chi connectivity index (χ1) is 18.9. The first-order valence-corrected chi connectivity index (χ1v) is 14.9. The smallest absolute Gasteiger partial charge is 0.240 e. The van der Waals surface area contributed by atoms with E-state index in [-0.39, 0.29) is 11.2 Å². The van der Waals surface area contributed by atoms with Crippen molar-refractivity contribution in [1.82, 2.24) is 9.88 Å².